The van der Waals surface area contributed by atoms with Crippen LogP contribution in [0, 0.1) is 0 Å². The summed E-state index contributed by atoms with van der Waals surface area (Å²) in [5, 5.41) is 7.32. The van der Waals surface area contributed by atoms with E-state index in [1.54, 1.807) is 36.7 Å². The minimum atomic E-state index is -0.335. The van der Waals surface area contributed by atoms with Crippen molar-refractivity contribution < 1.29 is 14.3 Å². The van der Waals surface area contributed by atoms with Gasteiger partial charge in [0.15, 0.2) is 0 Å². The Morgan fingerprint density at radius 2 is 2.00 bits per heavy atom. The fraction of sp³-hybridized carbons (Fsp3) is 0.412. The molecule has 1 N–H and O–H groups in total. The van der Waals surface area contributed by atoms with Gasteiger partial charge in [-0.3, -0.25) is 19.1 Å². The van der Waals surface area contributed by atoms with E-state index in [1.807, 2.05) is 6.07 Å². The first-order chi connectivity index (χ1) is 11.5. The number of carbonyl (C=O) groups is 2. The van der Waals surface area contributed by atoms with Crippen LogP contribution in [-0.2, 0) is 20.9 Å². The molecule has 0 bridgehead atoms. The Balaban J connectivity index is 1.85. The van der Waals surface area contributed by atoms with Gasteiger partial charge in [-0.15, -0.1) is 0 Å². The first-order valence-corrected chi connectivity index (χ1v) is 7.88. The normalized spacial score (nSPS) is 10.8. The number of rotatable bonds is 7. The molecule has 0 fully saturated rings. The van der Waals surface area contributed by atoms with Crippen molar-refractivity contribution >= 4 is 22.8 Å². The molecule has 0 saturated heterocycles. The molecular formula is C17H21N3O4. The van der Waals surface area contributed by atoms with Gasteiger partial charge < -0.3 is 10.1 Å². The van der Waals surface area contributed by atoms with Crippen LogP contribution in [0.4, 0.5) is 0 Å². The van der Waals surface area contributed by atoms with Crippen molar-refractivity contribution in [2.24, 2.45) is 0 Å². The Morgan fingerprint density at radius 1 is 1.25 bits per heavy atom. The van der Waals surface area contributed by atoms with E-state index in [1.165, 1.54) is 6.20 Å². The van der Waals surface area contributed by atoms with Crippen LogP contribution < -0.4 is 10.7 Å². The van der Waals surface area contributed by atoms with E-state index in [-0.39, 0.29) is 42.8 Å². The molecule has 2 aromatic rings. The molecule has 0 spiro atoms. The van der Waals surface area contributed by atoms with Crippen LogP contribution >= 0.6 is 0 Å². The summed E-state index contributed by atoms with van der Waals surface area (Å²) in [6, 6.07) is 7.14. The number of benzene rings is 1. The van der Waals surface area contributed by atoms with Gasteiger partial charge in [0.1, 0.15) is 0 Å². The van der Waals surface area contributed by atoms with E-state index in [0.717, 1.165) is 0 Å². The highest BCUT2D eigenvalue weighted by Crippen LogP contribution is 2.08. The number of hydrogen-bond donors (Lipinski definition) is 1. The summed E-state index contributed by atoms with van der Waals surface area (Å²) in [6.45, 7) is 4.14. The van der Waals surface area contributed by atoms with Gasteiger partial charge in [0, 0.05) is 18.4 Å². The number of aryl methyl sites for hydroxylation is 1. The smallest absolute Gasteiger partial charge is 0.307 e. The average Bonchev–Trinajstić information content (AvgIpc) is 2.54. The van der Waals surface area contributed by atoms with Crippen molar-refractivity contribution in [3.63, 3.8) is 0 Å². The summed E-state index contributed by atoms with van der Waals surface area (Å²) in [5.41, 5.74) is 0.549. The number of para-hydroxylation sites is 1. The third-order valence-electron chi connectivity index (χ3n) is 3.33. The molecule has 128 valence electrons. The maximum Gasteiger partial charge on any atom is 0.307 e. The number of amides is 1. The van der Waals surface area contributed by atoms with E-state index in [2.05, 4.69) is 10.4 Å². The van der Waals surface area contributed by atoms with E-state index in [4.69, 9.17) is 4.74 Å². The van der Waals surface area contributed by atoms with Crippen LogP contribution in [0.2, 0.25) is 0 Å². The molecule has 1 amide bonds. The monoisotopic (exact) mass is 331 g/mol. The number of aromatic nitrogens is 2. The number of esters is 1. The van der Waals surface area contributed by atoms with E-state index in [9.17, 15) is 14.4 Å². The van der Waals surface area contributed by atoms with Crippen LogP contribution in [0.25, 0.3) is 10.9 Å². The highest BCUT2D eigenvalue weighted by molar-refractivity contribution is 5.79. The van der Waals surface area contributed by atoms with Gasteiger partial charge in [-0.05, 0) is 26.0 Å². The standard InChI is InChI=1S/C17H21N3O4/c1-12(2)24-17(23)7-9-18-16(22)8-10-20-14-6-4-3-5-13(14)15(21)11-19-20/h3-6,11-12H,7-10H2,1-2H3,(H,18,22). The molecule has 24 heavy (non-hydrogen) atoms. The number of hydrogen-bond acceptors (Lipinski definition) is 5. The molecule has 2 rings (SSSR count). The second-order valence-corrected chi connectivity index (χ2v) is 5.64. The van der Waals surface area contributed by atoms with Crippen LogP contribution in [0.15, 0.2) is 35.3 Å². The van der Waals surface area contributed by atoms with Crippen molar-refractivity contribution in [1.82, 2.24) is 15.1 Å². The van der Waals surface area contributed by atoms with Crippen LogP contribution in [0.5, 0.6) is 0 Å². The zero-order chi connectivity index (χ0) is 17.5. The van der Waals surface area contributed by atoms with Crippen molar-refractivity contribution in [2.75, 3.05) is 6.54 Å². The van der Waals surface area contributed by atoms with Gasteiger partial charge in [0.05, 0.1) is 30.8 Å². The Morgan fingerprint density at radius 3 is 2.75 bits per heavy atom. The lowest BCUT2D eigenvalue weighted by molar-refractivity contribution is -0.147. The molecule has 1 heterocycles. The van der Waals surface area contributed by atoms with Crippen molar-refractivity contribution in [3.8, 4) is 0 Å². The lowest BCUT2D eigenvalue weighted by Crippen LogP contribution is -2.28. The third-order valence-corrected chi connectivity index (χ3v) is 3.33. The van der Waals surface area contributed by atoms with E-state index in [0.29, 0.717) is 17.4 Å². The number of nitrogens with zero attached hydrogens (tertiary/aromatic N) is 2. The number of fused-ring (bicyclic) bond motifs is 1. The summed E-state index contributed by atoms with van der Waals surface area (Å²) in [6.07, 6.45) is 1.44. The maximum absolute atomic E-state index is 11.9. The lowest BCUT2D eigenvalue weighted by Gasteiger charge is -2.10. The van der Waals surface area contributed by atoms with E-state index < -0.39 is 0 Å². The minimum Gasteiger partial charge on any atom is -0.463 e. The Hall–Kier alpha value is -2.70. The number of carbonyl (C=O) groups excluding carboxylic acids is 2. The van der Waals surface area contributed by atoms with Crippen molar-refractivity contribution in [1.29, 1.82) is 0 Å². The quantitative estimate of drug-likeness (QED) is 0.771. The van der Waals surface area contributed by atoms with Crippen molar-refractivity contribution in [3.05, 3.63) is 40.7 Å². The third kappa shape index (κ3) is 4.91. The lowest BCUT2D eigenvalue weighted by atomic mass is 10.2. The van der Waals surface area contributed by atoms with Crippen LogP contribution in [-0.4, -0.2) is 34.3 Å². The van der Waals surface area contributed by atoms with Crippen LogP contribution in [0.3, 0.4) is 0 Å². The Kier molecular flexibility index (Phi) is 6.06. The molecule has 0 aliphatic heterocycles. The van der Waals surface area contributed by atoms with Gasteiger partial charge >= 0.3 is 5.97 Å². The van der Waals surface area contributed by atoms with Crippen molar-refractivity contribution in [2.45, 2.75) is 39.3 Å². The fourth-order valence-electron chi connectivity index (χ4n) is 2.26. The van der Waals surface area contributed by atoms with Gasteiger partial charge in [0.2, 0.25) is 11.3 Å². The molecule has 1 aromatic heterocycles. The second kappa shape index (κ2) is 8.24. The zero-order valence-electron chi connectivity index (χ0n) is 13.8. The average molecular weight is 331 g/mol. The molecule has 0 unspecified atom stereocenters. The summed E-state index contributed by atoms with van der Waals surface area (Å²) in [4.78, 5) is 35.0. The summed E-state index contributed by atoms with van der Waals surface area (Å²) >= 11 is 0. The topological polar surface area (TPSA) is 90.3 Å². The molecule has 0 aliphatic rings. The minimum absolute atomic E-state index is 0.142. The molecule has 0 saturated carbocycles. The summed E-state index contributed by atoms with van der Waals surface area (Å²) < 4.78 is 6.62. The molecule has 7 heteroatoms. The maximum atomic E-state index is 11.9. The fourth-order valence-corrected chi connectivity index (χ4v) is 2.26. The number of nitrogens with one attached hydrogen (secondary N) is 1. The second-order valence-electron chi connectivity index (χ2n) is 5.64. The predicted octanol–water partition coefficient (Wildman–Crippen LogP) is 1.24. The van der Waals surface area contributed by atoms with Gasteiger partial charge in [-0.25, -0.2) is 0 Å². The first-order valence-electron chi connectivity index (χ1n) is 7.88. The molecule has 0 atom stereocenters. The zero-order valence-corrected chi connectivity index (χ0v) is 13.8. The Labute approximate surface area is 139 Å². The predicted molar refractivity (Wildman–Crippen MR) is 89.5 cm³/mol. The van der Waals surface area contributed by atoms with Gasteiger partial charge in [0.25, 0.3) is 0 Å². The van der Waals surface area contributed by atoms with E-state index >= 15 is 0 Å². The highest BCUT2D eigenvalue weighted by Gasteiger charge is 2.08. The summed E-state index contributed by atoms with van der Waals surface area (Å²) in [7, 11) is 0. The molecule has 0 radical (unpaired) electrons. The molecular weight excluding hydrogens is 310 g/mol. The SMILES string of the molecule is CC(C)OC(=O)CCNC(=O)CCn1ncc(=O)c2ccccc21. The highest BCUT2D eigenvalue weighted by atomic mass is 16.5. The first kappa shape index (κ1) is 17.7. The van der Waals surface area contributed by atoms with Crippen LogP contribution in [0.1, 0.15) is 26.7 Å². The molecule has 1 aromatic carbocycles. The summed E-state index contributed by atoms with van der Waals surface area (Å²) in [5.74, 6) is -0.518. The largest absolute Gasteiger partial charge is 0.463 e. The Bertz CT molecular complexity index is 783. The van der Waals surface area contributed by atoms with Gasteiger partial charge in [-0.1, -0.05) is 12.1 Å². The molecule has 7 nitrogen and oxygen atoms in total. The number of ether oxygens (including phenoxy) is 1. The molecule has 0 aliphatic carbocycles. The van der Waals surface area contributed by atoms with Gasteiger partial charge in [-0.2, -0.15) is 5.10 Å².